The van der Waals surface area contributed by atoms with E-state index in [0.29, 0.717) is 37.2 Å². The van der Waals surface area contributed by atoms with Crippen LogP contribution in [-0.2, 0) is 35.7 Å². The Balaban J connectivity index is 1.75. The highest BCUT2D eigenvalue weighted by atomic mass is 16.6. The van der Waals surface area contributed by atoms with Gasteiger partial charge in [0.05, 0.1) is 11.5 Å². The minimum absolute atomic E-state index is 0.0717. The van der Waals surface area contributed by atoms with Crippen LogP contribution in [0.5, 0.6) is 11.5 Å². The van der Waals surface area contributed by atoms with Gasteiger partial charge >= 0.3 is 17.9 Å². The van der Waals surface area contributed by atoms with Crippen molar-refractivity contribution in [2.75, 3.05) is 6.54 Å². The molecular formula is C22H25NO7. The van der Waals surface area contributed by atoms with Gasteiger partial charge in [0.2, 0.25) is 0 Å². The van der Waals surface area contributed by atoms with E-state index in [2.05, 4.69) is 5.32 Å². The molecule has 30 heavy (non-hydrogen) atoms. The molecule has 1 aromatic rings. The normalized spacial score (nSPS) is 35.0. The summed E-state index contributed by atoms with van der Waals surface area (Å²) in [6.07, 6.45) is 1.40. The summed E-state index contributed by atoms with van der Waals surface area (Å²) >= 11 is 0. The van der Waals surface area contributed by atoms with Gasteiger partial charge in [0.1, 0.15) is 17.8 Å². The molecule has 1 unspecified atom stereocenters. The van der Waals surface area contributed by atoms with E-state index in [1.807, 2.05) is 6.07 Å². The van der Waals surface area contributed by atoms with Crippen molar-refractivity contribution < 1.29 is 33.3 Å². The number of hydrogen-bond acceptors (Lipinski definition) is 8. The van der Waals surface area contributed by atoms with Crippen molar-refractivity contribution in [2.24, 2.45) is 0 Å². The molecule has 4 aliphatic rings. The lowest BCUT2D eigenvalue weighted by Gasteiger charge is -2.62. The first-order valence-corrected chi connectivity index (χ1v) is 10.4. The molecule has 1 spiro atoms. The maximum Gasteiger partial charge on any atom is 0.308 e. The molecule has 2 fully saturated rings. The van der Waals surface area contributed by atoms with Gasteiger partial charge in [0, 0.05) is 26.3 Å². The van der Waals surface area contributed by atoms with Gasteiger partial charge in [-0.05, 0) is 43.9 Å². The molecule has 2 heterocycles. The number of rotatable bonds is 3. The maximum atomic E-state index is 12.3. The van der Waals surface area contributed by atoms with Crippen LogP contribution in [0.25, 0.3) is 0 Å². The van der Waals surface area contributed by atoms with Gasteiger partial charge < -0.3 is 24.3 Å². The molecule has 5 atom stereocenters. The lowest BCUT2D eigenvalue weighted by molar-refractivity contribution is -0.215. The molecule has 160 valence electrons. The second-order valence-corrected chi connectivity index (χ2v) is 8.66. The standard InChI is InChI=1S/C22H25NO7/c1-11(24)27-15-5-4-14-10-17-22(30-13(3)26)7-6-16(28-12(2)25)20-21(22,8-9-23-17)18(14)19(15)29-20/h4-5,16-17,20,23H,6-10H2,1-3H3/t16?,17-,20+,21+,22-/m1/s1. The Labute approximate surface area is 174 Å². The zero-order chi connectivity index (χ0) is 21.3. The van der Waals surface area contributed by atoms with Crippen LogP contribution >= 0.6 is 0 Å². The summed E-state index contributed by atoms with van der Waals surface area (Å²) < 4.78 is 23.7. The highest BCUT2D eigenvalue weighted by molar-refractivity contribution is 5.74. The Morgan fingerprint density at radius 3 is 2.60 bits per heavy atom. The van der Waals surface area contributed by atoms with E-state index < -0.39 is 29.2 Å². The van der Waals surface area contributed by atoms with Crippen molar-refractivity contribution in [3.63, 3.8) is 0 Å². The highest BCUT2D eigenvalue weighted by Gasteiger charge is 2.74. The summed E-state index contributed by atoms with van der Waals surface area (Å²) in [5, 5.41) is 3.55. The third-order valence-electron chi connectivity index (χ3n) is 7.07. The number of carbonyl (C=O) groups excluding carboxylic acids is 3. The molecule has 0 radical (unpaired) electrons. The van der Waals surface area contributed by atoms with E-state index in [4.69, 9.17) is 18.9 Å². The first kappa shape index (κ1) is 19.4. The third-order valence-corrected chi connectivity index (χ3v) is 7.07. The summed E-state index contributed by atoms with van der Waals surface area (Å²) in [6.45, 7) is 4.88. The predicted molar refractivity (Wildman–Crippen MR) is 103 cm³/mol. The summed E-state index contributed by atoms with van der Waals surface area (Å²) in [5.74, 6) is -0.314. The molecule has 8 heteroatoms. The van der Waals surface area contributed by atoms with Crippen LogP contribution < -0.4 is 14.8 Å². The average molecular weight is 415 g/mol. The molecule has 2 aliphatic carbocycles. The highest BCUT2D eigenvalue weighted by Crippen LogP contribution is 2.65. The van der Waals surface area contributed by atoms with Gasteiger partial charge in [-0.25, -0.2) is 0 Å². The fourth-order valence-electron chi connectivity index (χ4n) is 6.40. The van der Waals surface area contributed by atoms with Crippen LogP contribution in [0.4, 0.5) is 0 Å². The van der Waals surface area contributed by atoms with Crippen molar-refractivity contribution >= 4 is 17.9 Å². The number of ether oxygens (including phenoxy) is 4. The Bertz CT molecular complexity index is 959. The van der Waals surface area contributed by atoms with E-state index in [1.54, 1.807) is 6.07 Å². The van der Waals surface area contributed by atoms with Crippen LogP contribution in [0.2, 0.25) is 0 Å². The number of esters is 3. The Hall–Kier alpha value is -2.61. The van der Waals surface area contributed by atoms with Crippen LogP contribution in [0, 0.1) is 0 Å². The van der Waals surface area contributed by atoms with Gasteiger partial charge in [-0.1, -0.05) is 6.07 Å². The largest absolute Gasteiger partial charge is 0.481 e. The van der Waals surface area contributed by atoms with E-state index in [0.717, 1.165) is 17.7 Å². The number of piperidine rings is 1. The number of hydrogen-bond donors (Lipinski definition) is 1. The zero-order valence-electron chi connectivity index (χ0n) is 17.3. The van der Waals surface area contributed by atoms with E-state index in [9.17, 15) is 14.4 Å². The quantitative estimate of drug-likeness (QED) is 0.586. The maximum absolute atomic E-state index is 12.3. The molecule has 1 aromatic carbocycles. The first-order chi connectivity index (χ1) is 14.3. The smallest absolute Gasteiger partial charge is 0.308 e. The van der Waals surface area contributed by atoms with Crippen molar-refractivity contribution in [3.05, 3.63) is 23.3 Å². The summed E-state index contributed by atoms with van der Waals surface area (Å²) in [4.78, 5) is 35.8. The average Bonchev–Trinajstić information content (AvgIpc) is 2.99. The van der Waals surface area contributed by atoms with E-state index in [1.165, 1.54) is 20.8 Å². The summed E-state index contributed by atoms with van der Waals surface area (Å²) in [5.41, 5.74) is 0.520. The molecule has 1 saturated carbocycles. The predicted octanol–water partition coefficient (Wildman–Crippen LogP) is 1.56. The number of carbonyl (C=O) groups is 3. The number of benzene rings is 1. The van der Waals surface area contributed by atoms with Crippen LogP contribution in [-0.4, -0.2) is 48.3 Å². The lowest BCUT2D eigenvalue weighted by atomic mass is 9.49. The third kappa shape index (κ3) is 2.40. The van der Waals surface area contributed by atoms with Gasteiger partial charge in [-0.2, -0.15) is 0 Å². The minimum Gasteiger partial charge on any atom is -0.481 e. The molecule has 2 bridgehead atoms. The fraction of sp³-hybridized carbons (Fsp3) is 0.591. The Kier molecular flexibility index (Phi) is 4.16. The molecule has 8 nitrogen and oxygen atoms in total. The Morgan fingerprint density at radius 2 is 1.90 bits per heavy atom. The van der Waals surface area contributed by atoms with Crippen molar-refractivity contribution in [2.45, 2.75) is 75.7 Å². The molecule has 1 saturated heterocycles. The van der Waals surface area contributed by atoms with E-state index >= 15 is 0 Å². The van der Waals surface area contributed by atoms with Crippen molar-refractivity contribution in [1.82, 2.24) is 5.32 Å². The summed E-state index contributed by atoms with van der Waals surface area (Å²) in [7, 11) is 0. The van der Waals surface area contributed by atoms with Crippen molar-refractivity contribution in [1.29, 1.82) is 0 Å². The molecule has 0 amide bonds. The second kappa shape index (κ2) is 6.44. The second-order valence-electron chi connectivity index (χ2n) is 8.66. The van der Waals surface area contributed by atoms with Crippen LogP contribution in [0.15, 0.2) is 12.1 Å². The van der Waals surface area contributed by atoms with Crippen LogP contribution in [0.1, 0.15) is 51.2 Å². The number of nitrogens with one attached hydrogen (secondary N) is 1. The van der Waals surface area contributed by atoms with E-state index in [-0.39, 0.29) is 18.0 Å². The van der Waals surface area contributed by atoms with Gasteiger partial charge in [0.15, 0.2) is 11.5 Å². The first-order valence-electron chi connectivity index (χ1n) is 10.4. The monoisotopic (exact) mass is 415 g/mol. The van der Waals surface area contributed by atoms with Gasteiger partial charge in [-0.15, -0.1) is 0 Å². The van der Waals surface area contributed by atoms with Gasteiger partial charge in [-0.3, -0.25) is 14.4 Å². The lowest BCUT2D eigenvalue weighted by Crippen LogP contribution is -2.78. The molecule has 2 aliphatic heterocycles. The Morgan fingerprint density at radius 1 is 1.10 bits per heavy atom. The molecule has 1 N–H and O–H groups in total. The topological polar surface area (TPSA) is 100 Å². The molecule has 5 rings (SSSR count). The SMILES string of the molecule is CC(=O)Oc1ccc2c3c1O[C@H]1C(OC(C)=O)CC[C@@]4(OC(C)=O)[C@@H](C2)NCC[C@]314. The van der Waals surface area contributed by atoms with Gasteiger partial charge in [0.25, 0.3) is 0 Å². The minimum atomic E-state index is -0.814. The fourth-order valence-corrected chi connectivity index (χ4v) is 6.40. The van der Waals surface area contributed by atoms with Crippen LogP contribution in [0.3, 0.4) is 0 Å². The van der Waals surface area contributed by atoms with Crippen molar-refractivity contribution in [3.8, 4) is 11.5 Å². The molecule has 0 aromatic heterocycles. The zero-order valence-corrected chi connectivity index (χ0v) is 17.3. The molecular weight excluding hydrogens is 390 g/mol. The summed E-state index contributed by atoms with van der Waals surface area (Å²) in [6, 6.07) is 3.63.